The van der Waals surface area contributed by atoms with Crippen molar-refractivity contribution >= 4 is 21.9 Å². The maximum absolute atomic E-state index is 11.5. The molecule has 1 N–H and O–H groups in total. The first kappa shape index (κ1) is 11.0. The molecule has 0 amide bonds. The lowest BCUT2D eigenvalue weighted by Crippen LogP contribution is -2.20. The fourth-order valence-electron chi connectivity index (χ4n) is 1.20. The van der Waals surface area contributed by atoms with E-state index in [-0.39, 0.29) is 5.56 Å². The van der Waals surface area contributed by atoms with Gasteiger partial charge in [-0.15, -0.1) is 0 Å². The van der Waals surface area contributed by atoms with E-state index in [1.165, 1.54) is 6.20 Å². The fraction of sp³-hybridized carbons (Fsp3) is 0.333. The molecule has 0 spiro atoms. The molecule has 1 aromatic rings. The second-order valence-corrected chi connectivity index (χ2v) is 3.66. The van der Waals surface area contributed by atoms with Gasteiger partial charge in [-0.2, -0.15) is 0 Å². The third-order valence-electron chi connectivity index (χ3n) is 2.05. The summed E-state index contributed by atoms with van der Waals surface area (Å²) in [7, 11) is 0. The third-order valence-corrected chi connectivity index (χ3v) is 2.98. The normalized spacial score (nSPS) is 10.2. The van der Waals surface area contributed by atoms with Gasteiger partial charge in [-0.05, 0) is 29.8 Å². The molecule has 0 aliphatic rings. The van der Waals surface area contributed by atoms with E-state index in [0.717, 1.165) is 5.69 Å². The highest BCUT2D eigenvalue weighted by Gasteiger charge is 2.14. The molecule has 0 unspecified atom stereocenters. The number of nitrogens with zero attached hydrogens (tertiary/aromatic N) is 1. The van der Waals surface area contributed by atoms with Gasteiger partial charge in [0, 0.05) is 18.4 Å². The molecule has 0 saturated carbocycles. The van der Waals surface area contributed by atoms with Crippen LogP contribution in [0.3, 0.4) is 0 Å². The molecule has 0 atom stereocenters. The molecule has 0 aromatic carbocycles. The summed E-state index contributed by atoms with van der Waals surface area (Å²) in [5.74, 6) is -1.20. The number of pyridine rings is 1. The first-order chi connectivity index (χ1) is 6.49. The lowest BCUT2D eigenvalue weighted by Gasteiger charge is -2.10. The number of aromatic nitrogens is 1. The van der Waals surface area contributed by atoms with Crippen LogP contribution in [0.25, 0.3) is 0 Å². The quantitative estimate of drug-likeness (QED) is 0.879. The Kier molecular flexibility index (Phi) is 3.10. The number of hydrogen-bond acceptors (Lipinski definition) is 2. The molecule has 0 fully saturated rings. The number of rotatable bonds is 2. The summed E-state index contributed by atoms with van der Waals surface area (Å²) < 4.78 is 2.04. The van der Waals surface area contributed by atoms with Crippen molar-refractivity contribution in [1.29, 1.82) is 0 Å². The van der Waals surface area contributed by atoms with Gasteiger partial charge >= 0.3 is 5.97 Å². The Balaban J connectivity index is 3.57. The maximum atomic E-state index is 11.5. The van der Waals surface area contributed by atoms with Gasteiger partial charge in [0.2, 0.25) is 5.43 Å². The summed E-state index contributed by atoms with van der Waals surface area (Å²) in [6.07, 6.45) is 1.37. The predicted octanol–water partition coefficient (Wildman–Crippen LogP) is 1.64. The number of carboxylic acid groups (broad SMARTS) is 1. The van der Waals surface area contributed by atoms with E-state index in [9.17, 15) is 9.59 Å². The molecule has 1 heterocycles. The summed E-state index contributed by atoms with van der Waals surface area (Å²) in [5.41, 5.74) is 0.0616. The smallest absolute Gasteiger partial charge is 0.341 e. The van der Waals surface area contributed by atoms with E-state index >= 15 is 0 Å². The minimum atomic E-state index is -1.20. The lowest BCUT2D eigenvalue weighted by atomic mass is 10.2. The van der Waals surface area contributed by atoms with Crippen molar-refractivity contribution in [3.05, 3.63) is 32.2 Å². The van der Waals surface area contributed by atoms with Crippen molar-refractivity contribution in [2.24, 2.45) is 0 Å². The second kappa shape index (κ2) is 3.96. The molecule has 5 heteroatoms. The van der Waals surface area contributed by atoms with Crippen LogP contribution in [-0.2, 0) is 6.54 Å². The second-order valence-electron chi connectivity index (χ2n) is 2.86. The van der Waals surface area contributed by atoms with E-state index < -0.39 is 11.4 Å². The van der Waals surface area contributed by atoms with Gasteiger partial charge in [-0.3, -0.25) is 4.79 Å². The van der Waals surface area contributed by atoms with Gasteiger partial charge in [0.15, 0.2) is 0 Å². The standard InChI is InChI=1S/C9H10BrNO3/c1-3-11-4-6(9(13)14)8(12)7(10)5(11)2/h4H,3H2,1-2H3,(H,13,14). The number of carboxylic acids is 1. The Bertz CT molecular complexity index is 436. The van der Waals surface area contributed by atoms with E-state index in [4.69, 9.17) is 5.11 Å². The number of aromatic carboxylic acids is 1. The van der Waals surface area contributed by atoms with Crippen LogP contribution in [0.2, 0.25) is 0 Å². The molecule has 0 radical (unpaired) electrons. The van der Waals surface area contributed by atoms with Gasteiger partial charge in [-0.1, -0.05) is 0 Å². The highest BCUT2D eigenvalue weighted by atomic mass is 79.9. The highest BCUT2D eigenvalue weighted by Crippen LogP contribution is 2.12. The van der Waals surface area contributed by atoms with E-state index in [0.29, 0.717) is 11.0 Å². The van der Waals surface area contributed by atoms with Crippen LogP contribution in [0.15, 0.2) is 15.5 Å². The molecule has 4 nitrogen and oxygen atoms in total. The van der Waals surface area contributed by atoms with Crippen LogP contribution >= 0.6 is 15.9 Å². The van der Waals surface area contributed by atoms with E-state index in [1.54, 1.807) is 11.5 Å². The van der Waals surface area contributed by atoms with Crippen molar-refractivity contribution in [1.82, 2.24) is 4.57 Å². The van der Waals surface area contributed by atoms with E-state index in [2.05, 4.69) is 15.9 Å². The Morgan fingerprint density at radius 2 is 2.21 bits per heavy atom. The first-order valence-electron chi connectivity index (χ1n) is 4.11. The van der Waals surface area contributed by atoms with Gasteiger partial charge in [0.1, 0.15) is 5.56 Å². The SMILES string of the molecule is CCn1cc(C(=O)O)c(=O)c(Br)c1C. The zero-order chi connectivity index (χ0) is 10.9. The average molecular weight is 260 g/mol. The Hall–Kier alpha value is -1.10. The number of aryl methyl sites for hydroxylation is 1. The van der Waals surface area contributed by atoms with Crippen LogP contribution in [-0.4, -0.2) is 15.6 Å². The highest BCUT2D eigenvalue weighted by molar-refractivity contribution is 9.10. The van der Waals surface area contributed by atoms with Crippen molar-refractivity contribution in [3.8, 4) is 0 Å². The van der Waals surface area contributed by atoms with Crippen LogP contribution in [0, 0.1) is 6.92 Å². The van der Waals surface area contributed by atoms with Crippen molar-refractivity contribution < 1.29 is 9.90 Å². The molecule has 1 aromatic heterocycles. The Morgan fingerprint density at radius 3 is 2.64 bits per heavy atom. The van der Waals surface area contributed by atoms with Gasteiger partial charge < -0.3 is 9.67 Å². The van der Waals surface area contributed by atoms with Crippen LogP contribution in [0.4, 0.5) is 0 Å². The van der Waals surface area contributed by atoms with Gasteiger partial charge in [-0.25, -0.2) is 4.79 Å². The Labute approximate surface area is 89.3 Å². The number of hydrogen-bond donors (Lipinski definition) is 1. The Morgan fingerprint density at radius 1 is 1.64 bits per heavy atom. The van der Waals surface area contributed by atoms with E-state index in [1.807, 2.05) is 6.92 Å². The molecular weight excluding hydrogens is 250 g/mol. The molecule has 0 saturated heterocycles. The molecule has 0 aliphatic carbocycles. The molecule has 0 aliphatic heterocycles. The van der Waals surface area contributed by atoms with Crippen molar-refractivity contribution in [3.63, 3.8) is 0 Å². The van der Waals surface area contributed by atoms with Crippen LogP contribution in [0.1, 0.15) is 23.0 Å². The minimum absolute atomic E-state index is 0.204. The predicted molar refractivity (Wildman–Crippen MR) is 55.8 cm³/mol. The summed E-state index contributed by atoms with van der Waals surface area (Å²) in [4.78, 5) is 22.2. The lowest BCUT2D eigenvalue weighted by molar-refractivity contribution is 0.0694. The summed E-state index contributed by atoms with van der Waals surface area (Å²) in [6.45, 7) is 4.28. The van der Waals surface area contributed by atoms with Crippen molar-refractivity contribution in [2.45, 2.75) is 20.4 Å². The minimum Gasteiger partial charge on any atom is -0.477 e. The number of carbonyl (C=O) groups is 1. The number of halogens is 1. The first-order valence-corrected chi connectivity index (χ1v) is 4.91. The third kappa shape index (κ3) is 1.72. The summed E-state index contributed by atoms with van der Waals surface area (Å²) >= 11 is 3.09. The zero-order valence-corrected chi connectivity index (χ0v) is 9.46. The zero-order valence-electron chi connectivity index (χ0n) is 7.87. The topological polar surface area (TPSA) is 59.3 Å². The van der Waals surface area contributed by atoms with Crippen LogP contribution < -0.4 is 5.43 Å². The summed E-state index contributed by atoms with van der Waals surface area (Å²) in [5, 5.41) is 8.77. The summed E-state index contributed by atoms with van der Waals surface area (Å²) in [6, 6.07) is 0. The molecule has 76 valence electrons. The van der Waals surface area contributed by atoms with Crippen LogP contribution in [0.5, 0.6) is 0 Å². The average Bonchev–Trinajstić information content (AvgIpc) is 2.14. The molecule has 14 heavy (non-hydrogen) atoms. The molecule has 1 rings (SSSR count). The van der Waals surface area contributed by atoms with Gasteiger partial charge in [0.05, 0.1) is 4.47 Å². The maximum Gasteiger partial charge on any atom is 0.341 e. The van der Waals surface area contributed by atoms with Crippen molar-refractivity contribution in [2.75, 3.05) is 0 Å². The fourth-order valence-corrected chi connectivity index (χ4v) is 1.64. The van der Waals surface area contributed by atoms with Gasteiger partial charge in [0.25, 0.3) is 0 Å². The monoisotopic (exact) mass is 259 g/mol. The largest absolute Gasteiger partial charge is 0.477 e. The molecular formula is C9H10BrNO3. The molecule has 0 bridgehead atoms.